The summed E-state index contributed by atoms with van der Waals surface area (Å²) in [4.78, 5) is 0. The van der Waals surface area contributed by atoms with Crippen LogP contribution in [0.1, 0.15) is 25.5 Å². The third-order valence-electron chi connectivity index (χ3n) is 3.14. The molecule has 2 atom stereocenters. The highest BCUT2D eigenvalue weighted by molar-refractivity contribution is 5.30. The Balaban J connectivity index is 2.05. The molecule has 1 aliphatic rings. The molecule has 1 saturated heterocycles. The van der Waals surface area contributed by atoms with Crippen molar-refractivity contribution in [3.05, 3.63) is 29.8 Å². The van der Waals surface area contributed by atoms with E-state index in [0.717, 1.165) is 5.75 Å². The molecule has 0 radical (unpaired) electrons. The first-order valence-corrected chi connectivity index (χ1v) is 6.84. The van der Waals surface area contributed by atoms with Crippen LogP contribution in [0.2, 0.25) is 0 Å². The molecule has 0 aliphatic carbocycles. The van der Waals surface area contributed by atoms with Gasteiger partial charge in [-0.1, -0.05) is 12.1 Å². The van der Waals surface area contributed by atoms with Crippen LogP contribution in [0, 0.1) is 0 Å². The Kier molecular flexibility index (Phi) is 5.19. The lowest BCUT2D eigenvalue weighted by Gasteiger charge is -2.30. The van der Waals surface area contributed by atoms with Gasteiger partial charge in [0.05, 0.1) is 32.0 Å². The minimum atomic E-state index is 0.0654. The van der Waals surface area contributed by atoms with Crippen molar-refractivity contribution in [2.24, 2.45) is 0 Å². The molecular weight excluding hydrogens is 242 g/mol. The first-order chi connectivity index (χ1) is 9.20. The van der Waals surface area contributed by atoms with E-state index < -0.39 is 0 Å². The third-order valence-corrected chi connectivity index (χ3v) is 3.14. The molecule has 1 heterocycles. The summed E-state index contributed by atoms with van der Waals surface area (Å²) in [7, 11) is 1.95. The van der Waals surface area contributed by atoms with Gasteiger partial charge in [0.25, 0.3) is 0 Å². The Morgan fingerprint density at radius 3 is 2.47 bits per heavy atom. The molecule has 1 aromatic rings. The van der Waals surface area contributed by atoms with E-state index in [-0.39, 0.29) is 18.2 Å². The van der Waals surface area contributed by atoms with Crippen LogP contribution < -0.4 is 10.1 Å². The van der Waals surface area contributed by atoms with Crippen molar-refractivity contribution in [1.29, 1.82) is 0 Å². The van der Waals surface area contributed by atoms with Crippen molar-refractivity contribution in [1.82, 2.24) is 5.32 Å². The fourth-order valence-electron chi connectivity index (χ4n) is 2.29. The van der Waals surface area contributed by atoms with Crippen molar-refractivity contribution >= 4 is 0 Å². The van der Waals surface area contributed by atoms with Gasteiger partial charge in [0, 0.05) is 0 Å². The summed E-state index contributed by atoms with van der Waals surface area (Å²) in [5.74, 6) is 0.898. The topological polar surface area (TPSA) is 39.7 Å². The highest BCUT2D eigenvalue weighted by Crippen LogP contribution is 2.24. The Labute approximate surface area is 115 Å². The Morgan fingerprint density at radius 2 is 1.95 bits per heavy atom. The molecule has 4 nitrogen and oxygen atoms in total. The largest absolute Gasteiger partial charge is 0.491 e. The maximum absolute atomic E-state index is 5.76. The summed E-state index contributed by atoms with van der Waals surface area (Å²) < 4.78 is 16.9. The van der Waals surface area contributed by atoms with Gasteiger partial charge < -0.3 is 19.5 Å². The minimum Gasteiger partial charge on any atom is -0.491 e. The third kappa shape index (κ3) is 3.93. The number of ether oxygens (including phenoxy) is 3. The van der Waals surface area contributed by atoms with Gasteiger partial charge in [0.15, 0.2) is 0 Å². The van der Waals surface area contributed by atoms with Crippen molar-refractivity contribution in [3.63, 3.8) is 0 Å². The Morgan fingerprint density at radius 1 is 1.21 bits per heavy atom. The van der Waals surface area contributed by atoms with E-state index in [2.05, 4.69) is 17.4 Å². The molecule has 0 aromatic heterocycles. The first-order valence-electron chi connectivity index (χ1n) is 6.84. The fourth-order valence-corrected chi connectivity index (χ4v) is 2.29. The molecule has 19 heavy (non-hydrogen) atoms. The van der Waals surface area contributed by atoms with E-state index in [1.54, 1.807) is 0 Å². The van der Waals surface area contributed by atoms with Crippen molar-refractivity contribution < 1.29 is 14.2 Å². The molecule has 1 fully saturated rings. The highest BCUT2D eigenvalue weighted by atomic mass is 16.6. The molecule has 0 amide bonds. The van der Waals surface area contributed by atoms with Crippen LogP contribution in [-0.4, -0.2) is 39.1 Å². The summed E-state index contributed by atoms with van der Waals surface area (Å²) in [5.41, 5.74) is 1.19. The van der Waals surface area contributed by atoms with Crippen LogP contribution in [-0.2, 0) is 9.47 Å². The van der Waals surface area contributed by atoms with Crippen molar-refractivity contribution in [3.8, 4) is 5.75 Å². The van der Waals surface area contributed by atoms with Crippen LogP contribution >= 0.6 is 0 Å². The molecule has 2 rings (SSSR count). The van der Waals surface area contributed by atoms with Gasteiger partial charge in [0.1, 0.15) is 11.9 Å². The molecule has 4 heteroatoms. The van der Waals surface area contributed by atoms with Gasteiger partial charge in [-0.05, 0) is 38.6 Å². The molecule has 1 aliphatic heterocycles. The number of benzene rings is 1. The average molecular weight is 265 g/mol. The van der Waals surface area contributed by atoms with E-state index in [9.17, 15) is 0 Å². The molecule has 0 bridgehead atoms. The van der Waals surface area contributed by atoms with Gasteiger partial charge in [-0.15, -0.1) is 0 Å². The van der Waals surface area contributed by atoms with Crippen LogP contribution in [0.5, 0.6) is 5.75 Å². The van der Waals surface area contributed by atoms with Crippen LogP contribution in [0.3, 0.4) is 0 Å². The zero-order valence-electron chi connectivity index (χ0n) is 11.9. The predicted molar refractivity (Wildman–Crippen MR) is 74.6 cm³/mol. The monoisotopic (exact) mass is 265 g/mol. The molecular formula is C15H23NO3. The van der Waals surface area contributed by atoms with Gasteiger partial charge in [-0.2, -0.15) is 0 Å². The SMILES string of the molecule is CNC(c1ccc(OC(C)C)cc1)C1COCCO1. The highest BCUT2D eigenvalue weighted by Gasteiger charge is 2.25. The summed E-state index contributed by atoms with van der Waals surface area (Å²) in [6, 6.07) is 8.31. The van der Waals surface area contributed by atoms with E-state index in [1.807, 2.05) is 33.0 Å². The van der Waals surface area contributed by atoms with E-state index in [1.165, 1.54) is 5.56 Å². The lowest BCUT2D eigenvalue weighted by atomic mass is 10.0. The summed E-state index contributed by atoms with van der Waals surface area (Å²) >= 11 is 0. The van der Waals surface area contributed by atoms with Crippen LogP contribution in [0.4, 0.5) is 0 Å². The molecule has 0 saturated carbocycles. The number of hydrogen-bond acceptors (Lipinski definition) is 4. The number of rotatable bonds is 5. The quantitative estimate of drug-likeness (QED) is 0.885. The summed E-state index contributed by atoms with van der Waals surface area (Å²) in [6.07, 6.45) is 0.261. The smallest absolute Gasteiger partial charge is 0.119 e. The number of likely N-dealkylation sites (N-methyl/N-ethyl adjacent to an activating group) is 1. The number of hydrogen-bond donors (Lipinski definition) is 1. The van der Waals surface area contributed by atoms with Crippen LogP contribution in [0.25, 0.3) is 0 Å². The first kappa shape index (κ1) is 14.3. The molecule has 1 N–H and O–H groups in total. The van der Waals surface area contributed by atoms with Gasteiger partial charge >= 0.3 is 0 Å². The van der Waals surface area contributed by atoms with Crippen LogP contribution in [0.15, 0.2) is 24.3 Å². The second kappa shape index (κ2) is 6.89. The standard InChI is InChI=1S/C15H23NO3/c1-11(2)19-13-6-4-12(5-7-13)15(16-3)14-10-17-8-9-18-14/h4-7,11,14-16H,8-10H2,1-3H3. The Hall–Kier alpha value is -1.10. The zero-order valence-corrected chi connectivity index (χ0v) is 11.9. The summed E-state index contributed by atoms with van der Waals surface area (Å²) in [5, 5.41) is 3.30. The molecule has 2 unspecified atom stereocenters. The molecule has 106 valence electrons. The average Bonchev–Trinajstić information content (AvgIpc) is 2.42. The molecule has 0 spiro atoms. The van der Waals surface area contributed by atoms with Crippen molar-refractivity contribution in [2.45, 2.75) is 32.1 Å². The van der Waals surface area contributed by atoms with Crippen molar-refractivity contribution in [2.75, 3.05) is 26.9 Å². The van der Waals surface area contributed by atoms with E-state index in [0.29, 0.717) is 19.8 Å². The molecule has 1 aromatic carbocycles. The Bertz CT molecular complexity index is 371. The number of nitrogens with one attached hydrogen (secondary N) is 1. The fraction of sp³-hybridized carbons (Fsp3) is 0.600. The minimum absolute atomic E-state index is 0.0654. The lowest BCUT2D eigenvalue weighted by Crippen LogP contribution is -2.39. The predicted octanol–water partition coefficient (Wildman–Crippen LogP) is 2.15. The van der Waals surface area contributed by atoms with E-state index >= 15 is 0 Å². The maximum Gasteiger partial charge on any atom is 0.119 e. The van der Waals surface area contributed by atoms with Gasteiger partial charge in [-0.25, -0.2) is 0 Å². The second-order valence-corrected chi connectivity index (χ2v) is 4.99. The zero-order chi connectivity index (χ0) is 13.7. The van der Waals surface area contributed by atoms with Gasteiger partial charge in [0.2, 0.25) is 0 Å². The van der Waals surface area contributed by atoms with Gasteiger partial charge in [-0.3, -0.25) is 0 Å². The van der Waals surface area contributed by atoms with E-state index in [4.69, 9.17) is 14.2 Å². The normalized spacial score (nSPS) is 21.4. The lowest BCUT2D eigenvalue weighted by molar-refractivity contribution is -0.101. The second-order valence-electron chi connectivity index (χ2n) is 4.99. The summed E-state index contributed by atoms with van der Waals surface area (Å²) in [6.45, 7) is 6.04. The maximum atomic E-state index is 5.76.